The minimum absolute atomic E-state index is 0.0698. The zero-order valence-corrected chi connectivity index (χ0v) is 11.1. The second-order valence-electron chi connectivity index (χ2n) is 4.83. The largest absolute Gasteiger partial charge is 0.513 e. The van der Waals surface area contributed by atoms with Gasteiger partial charge in [-0.3, -0.25) is 0 Å². The molecule has 1 saturated carbocycles. The number of carbonyl (C=O) groups is 1. The summed E-state index contributed by atoms with van der Waals surface area (Å²) in [7, 11) is 0. The summed E-state index contributed by atoms with van der Waals surface area (Å²) in [5.74, 6) is 0.377. The average Bonchev–Trinajstić information content (AvgIpc) is 2.86. The van der Waals surface area contributed by atoms with E-state index in [1.54, 1.807) is 6.92 Å². The van der Waals surface area contributed by atoms with Gasteiger partial charge in [-0.2, -0.15) is 0 Å². The molecule has 1 aliphatic carbocycles. The summed E-state index contributed by atoms with van der Waals surface area (Å²) >= 11 is 0. The number of allylic oxidation sites excluding steroid dienone is 1. The Morgan fingerprint density at radius 3 is 2.79 bits per heavy atom. The first kappa shape index (κ1) is 13.5. The summed E-state index contributed by atoms with van der Waals surface area (Å²) in [6, 6.07) is 9.65. The number of alkyl carbamates (subject to hydrolysis) is 1. The summed E-state index contributed by atoms with van der Waals surface area (Å²) in [4.78, 5) is 11.6. The maximum Gasteiger partial charge on any atom is 0.407 e. The fraction of sp³-hybridized carbons (Fsp3) is 0.400. The quantitative estimate of drug-likeness (QED) is 0.821. The molecule has 1 amide bonds. The number of aliphatic hydroxyl groups excluding tert-OH is 1. The molecule has 0 aliphatic heterocycles. The predicted octanol–water partition coefficient (Wildman–Crippen LogP) is 3.30. The van der Waals surface area contributed by atoms with Crippen LogP contribution in [0.1, 0.15) is 31.7 Å². The molecule has 0 unspecified atom stereocenters. The van der Waals surface area contributed by atoms with Gasteiger partial charge in [0, 0.05) is 6.04 Å². The summed E-state index contributed by atoms with van der Waals surface area (Å²) in [6.07, 6.45) is 2.01. The van der Waals surface area contributed by atoms with Crippen LogP contribution in [0.3, 0.4) is 0 Å². The Kier molecular flexibility index (Phi) is 4.44. The van der Waals surface area contributed by atoms with Crippen LogP contribution >= 0.6 is 0 Å². The standard InChI is InChI=1S/C15H19NO3/c1-11(17)13-7-8-14(9-13)16-15(18)19-10-12-5-3-2-4-6-12/h2-6,14,17H,7-10H2,1H3,(H,16,18)/t14-/m0/s1. The van der Waals surface area contributed by atoms with Crippen LogP contribution in [0.5, 0.6) is 0 Å². The molecule has 2 N–H and O–H groups in total. The molecular weight excluding hydrogens is 242 g/mol. The molecule has 19 heavy (non-hydrogen) atoms. The fourth-order valence-corrected chi connectivity index (χ4v) is 2.23. The molecule has 0 spiro atoms. The summed E-state index contributed by atoms with van der Waals surface area (Å²) in [6.45, 7) is 1.96. The van der Waals surface area contributed by atoms with E-state index in [1.807, 2.05) is 30.3 Å². The van der Waals surface area contributed by atoms with Crippen molar-refractivity contribution >= 4 is 6.09 Å². The van der Waals surface area contributed by atoms with E-state index >= 15 is 0 Å². The molecule has 0 radical (unpaired) electrons. The van der Waals surface area contributed by atoms with Crippen molar-refractivity contribution in [1.29, 1.82) is 0 Å². The fourth-order valence-electron chi connectivity index (χ4n) is 2.23. The zero-order chi connectivity index (χ0) is 13.7. The van der Waals surface area contributed by atoms with E-state index in [0.717, 1.165) is 24.0 Å². The maximum atomic E-state index is 11.6. The highest BCUT2D eigenvalue weighted by atomic mass is 16.5. The van der Waals surface area contributed by atoms with Gasteiger partial charge in [-0.05, 0) is 37.3 Å². The highest BCUT2D eigenvalue weighted by Crippen LogP contribution is 2.26. The van der Waals surface area contributed by atoms with E-state index < -0.39 is 6.09 Å². The zero-order valence-electron chi connectivity index (χ0n) is 11.1. The van der Waals surface area contributed by atoms with Gasteiger partial charge in [0.2, 0.25) is 0 Å². The molecule has 4 heteroatoms. The number of nitrogens with one attached hydrogen (secondary N) is 1. The lowest BCUT2D eigenvalue weighted by Crippen LogP contribution is -2.33. The summed E-state index contributed by atoms with van der Waals surface area (Å²) < 4.78 is 5.16. The monoisotopic (exact) mass is 261 g/mol. The van der Waals surface area contributed by atoms with E-state index in [2.05, 4.69) is 5.32 Å². The van der Waals surface area contributed by atoms with Crippen molar-refractivity contribution in [1.82, 2.24) is 5.32 Å². The van der Waals surface area contributed by atoms with Crippen molar-refractivity contribution in [3.05, 3.63) is 47.2 Å². The molecule has 1 atom stereocenters. The highest BCUT2D eigenvalue weighted by Gasteiger charge is 2.23. The van der Waals surface area contributed by atoms with Gasteiger partial charge in [-0.1, -0.05) is 30.3 Å². The van der Waals surface area contributed by atoms with Crippen molar-refractivity contribution in [2.75, 3.05) is 0 Å². The SMILES string of the molecule is CC(O)=C1CC[C@H](NC(=O)OCc2ccccc2)C1. The molecule has 0 aromatic heterocycles. The number of aliphatic hydroxyl groups is 1. The van der Waals surface area contributed by atoms with Gasteiger partial charge >= 0.3 is 6.09 Å². The van der Waals surface area contributed by atoms with Crippen LogP contribution in [0, 0.1) is 0 Å². The molecule has 2 rings (SSSR count). The van der Waals surface area contributed by atoms with Crippen molar-refractivity contribution < 1.29 is 14.6 Å². The van der Waals surface area contributed by atoms with Gasteiger partial charge in [0.05, 0.1) is 5.76 Å². The van der Waals surface area contributed by atoms with E-state index in [0.29, 0.717) is 12.2 Å². The maximum absolute atomic E-state index is 11.6. The van der Waals surface area contributed by atoms with Crippen LogP contribution in [-0.4, -0.2) is 17.2 Å². The summed E-state index contributed by atoms with van der Waals surface area (Å²) in [5.41, 5.74) is 1.99. The van der Waals surface area contributed by atoms with Crippen LogP contribution in [0.15, 0.2) is 41.7 Å². The van der Waals surface area contributed by atoms with Gasteiger partial charge in [0.15, 0.2) is 0 Å². The molecule has 1 fully saturated rings. The third kappa shape index (κ3) is 4.02. The molecule has 1 aromatic rings. The van der Waals surface area contributed by atoms with E-state index in [4.69, 9.17) is 4.74 Å². The normalized spacial score (nSPS) is 21.0. The van der Waals surface area contributed by atoms with Crippen molar-refractivity contribution in [3.63, 3.8) is 0 Å². The molecule has 1 aromatic carbocycles. The smallest absolute Gasteiger partial charge is 0.407 e. The van der Waals surface area contributed by atoms with Crippen LogP contribution in [0.4, 0.5) is 4.79 Å². The number of amides is 1. The van der Waals surface area contributed by atoms with Crippen LogP contribution in [0.2, 0.25) is 0 Å². The van der Waals surface area contributed by atoms with Gasteiger partial charge in [-0.15, -0.1) is 0 Å². The number of benzene rings is 1. The van der Waals surface area contributed by atoms with Gasteiger partial charge < -0.3 is 15.2 Å². The first-order valence-electron chi connectivity index (χ1n) is 6.50. The minimum atomic E-state index is -0.398. The van der Waals surface area contributed by atoms with Crippen LogP contribution in [-0.2, 0) is 11.3 Å². The number of hydrogen-bond donors (Lipinski definition) is 2. The highest BCUT2D eigenvalue weighted by molar-refractivity contribution is 5.67. The van der Waals surface area contributed by atoms with Crippen LogP contribution in [0.25, 0.3) is 0 Å². The topological polar surface area (TPSA) is 58.6 Å². The number of hydrogen-bond acceptors (Lipinski definition) is 3. The second-order valence-corrected chi connectivity index (χ2v) is 4.83. The molecule has 4 nitrogen and oxygen atoms in total. The minimum Gasteiger partial charge on any atom is -0.513 e. The van der Waals surface area contributed by atoms with Crippen molar-refractivity contribution in [2.24, 2.45) is 0 Å². The van der Waals surface area contributed by atoms with Crippen LogP contribution < -0.4 is 5.32 Å². The van der Waals surface area contributed by atoms with Gasteiger partial charge in [-0.25, -0.2) is 4.79 Å². The summed E-state index contributed by atoms with van der Waals surface area (Å²) in [5, 5.41) is 12.2. The molecule has 102 valence electrons. The number of rotatable bonds is 3. The lowest BCUT2D eigenvalue weighted by atomic mass is 10.2. The molecule has 1 aliphatic rings. The van der Waals surface area contributed by atoms with Gasteiger partial charge in [0.25, 0.3) is 0 Å². The van der Waals surface area contributed by atoms with Gasteiger partial charge in [0.1, 0.15) is 6.61 Å². The Labute approximate surface area is 113 Å². The van der Waals surface area contributed by atoms with Crippen molar-refractivity contribution in [2.45, 2.75) is 38.8 Å². The second kappa shape index (κ2) is 6.27. The first-order chi connectivity index (χ1) is 9.15. The number of carbonyl (C=O) groups excluding carboxylic acids is 1. The Morgan fingerprint density at radius 2 is 2.16 bits per heavy atom. The molecule has 0 saturated heterocycles. The Bertz CT molecular complexity index is 464. The van der Waals surface area contributed by atoms with E-state index in [1.165, 1.54) is 0 Å². The first-order valence-corrected chi connectivity index (χ1v) is 6.50. The third-order valence-electron chi connectivity index (χ3n) is 3.33. The molecular formula is C15H19NO3. The Morgan fingerprint density at radius 1 is 1.42 bits per heavy atom. The average molecular weight is 261 g/mol. The predicted molar refractivity (Wildman–Crippen MR) is 72.7 cm³/mol. The van der Waals surface area contributed by atoms with E-state index in [-0.39, 0.29) is 12.6 Å². The number of ether oxygens (including phenoxy) is 1. The Hall–Kier alpha value is -1.97. The molecule has 0 bridgehead atoms. The van der Waals surface area contributed by atoms with Crippen molar-refractivity contribution in [3.8, 4) is 0 Å². The lowest BCUT2D eigenvalue weighted by molar-refractivity contribution is 0.136. The van der Waals surface area contributed by atoms with E-state index in [9.17, 15) is 9.90 Å². The molecule has 0 heterocycles. The Balaban J connectivity index is 1.75. The third-order valence-corrected chi connectivity index (χ3v) is 3.33. The lowest BCUT2D eigenvalue weighted by Gasteiger charge is -2.12.